The molecular formula is C28H28F5N5O2. The number of nitriles is 1. The molecule has 2 aromatic carbocycles. The maximum absolute atomic E-state index is 13.9. The van der Waals surface area contributed by atoms with Gasteiger partial charge >= 0.3 is 6.18 Å². The number of aromatic amines is 1. The highest BCUT2D eigenvalue weighted by molar-refractivity contribution is 5.94. The molecule has 0 saturated heterocycles. The molecule has 2 amide bonds. The van der Waals surface area contributed by atoms with E-state index >= 15 is 0 Å². The van der Waals surface area contributed by atoms with Crippen LogP contribution in [0.2, 0.25) is 0 Å². The van der Waals surface area contributed by atoms with Crippen LogP contribution in [0, 0.1) is 17.2 Å². The Balaban J connectivity index is 1.57. The zero-order valence-electron chi connectivity index (χ0n) is 21.6. The number of amides is 2. The number of aromatic nitrogens is 2. The second-order valence-corrected chi connectivity index (χ2v) is 10.1. The summed E-state index contributed by atoms with van der Waals surface area (Å²) in [6.07, 6.45) is -6.61. The first-order valence-electron chi connectivity index (χ1n) is 12.9. The summed E-state index contributed by atoms with van der Waals surface area (Å²) in [4.78, 5) is 32.9. The van der Waals surface area contributed by atoms with Gasteiger partial charge in [0.15, 0.2) is 0 Å². The van der Waals surface area contributed by atoms with Gasteiger partial charge in [-0.25, -0.2) is 13.8 Å². The van der Waals surface area contributed by atoms with Crippen molar-refractivity contribution in [3.8, 4) is 6.07 Å². The Morgan fingerprint density at radius 2 is 1.88 bits per heavy atom. The fourth-order valence-corrected chi connectivity index (χ4v) is 4.88. The van der Waals surface area contributed by atoms with E-state index in [1.54, 1.807) is 43.3 Å². The number of halogens is 5. The molecule has 12 heteroatoms. The molecule has 4 rings (SSSR count). The molecule has 212 valence electrons. The Labute approximate surface area is 227 Å². The molecule has 0 aliphatic heterocycles. The van der Waals surface area contributed by atoms with Gasteiger partial charge in [-0.2, -0.15) is 18.4 Å². The average Bonchev–Trinajstić information content (AvgIpc) is 3.33. The van der Waals surface area contributed by atoms with Gasteiger partial charge in [-0.1, -0.05) is 12.1 Å². The molecule has 1 fully saturated rings. The summed E-state index contributed by atoms with van der Waals surface area (Å²) >= 11 is 0. The third-order valence-electron chi connectivity index (χ3n) is 7.11. The van der Waals surface area contributed by atoms with E-state index in [1.807, 2.05) is 6.07 Å². The predicted octanol–water partition coefficient (Wildman–Crippen LogP) is 6.25. The standard InChI is InChI=1S/C28H28F5N5O2/c1-16(35-23(39)9-12-28(31,32)33)19-5-6-21-22(14-19)37-25(36-21)24(18-7-10-27(29,30)11-8-18)38-26(40)20-4-2-3-17(13-20)15-34/h2-6,13-14,16,18,24H,7-12H2,1H3,(H,35,39)(H,36,37)(H,38,40)/t16-,24+/m1/s1. The minimum Gasteiger partial charge on any atom is -0.350 e. The number of fused-ring (bicyclic) bond motifs is 1. The Morgan fingerprint density at radius 1 is 1.15 bits per heavy atom. The van der Waals surface area contributed by atoms with Gasteiger partial charge in [0.2, 0.25) is 11.8 Å². The van der Waals surface area contributed by atoms with E-state index in [0.717, 1.165) is 0 Å². The molecule has 2 atom stereocenters. The summed E-state index contributed by atoms with van der Waals surface area (Å²) in [5.41, 5.74) is 2.25. The molecule has 7 nitrogen and oxygen atoms in total. The molecule has 3 N–H and O–H groups in total. The van der Waals surface area contributed by atoms with Crippen molar-refractivity contribution in [1.82, 2.24) is 20.6 Å². The monoisotopic (exact) mass is 561 g/mol. The van der Waals surface area contributed by atoms with Gasteiger partial charge in [0.05, 0.1) is 41.2 Å². The second kappa shape index (κ2) is 11.6. The number of hydrogen-bond acceptors (Lipinski definition) is 4. The first kappa shape index (κ1) is 29.0. The topological polar surface area (TPSA) is 111 Å². The Hall–Kier alpha value is -4.01. The number of nitrogens with zero attached hydrogens (tertiary/aromatic N) is 2. The van der Waals surface area contributed by atoms with Crippen molar-refractivity contribution in [2.45, 2.75) is 69.6 Å². The Morgan fingerprint density at radius 3 is 2.55 bits per heavy atom. The lowest BCUT2D eigenvalue weighted by molar-refractivity contribution is -0.144. The van der Waals surface area contributed by atoms with Crippen LogP contribution >= 0.6 is 0 Å². The number of carbonyl (C=O) groups is 2. The van der Waals surface area contributed by atoms with Gasteiger partial charge < -0.3 is 15.6 Å². The van der Waals surface area contributed by atoms with Crippen molar-refractivity contribution in [3.63, 3.8) is 0 Å². The van der Waals surface area contributed by atoms with E-state index in [-0.39, 0.29) is 37.2 Å². The van der Waals surface area contributed by atoms with Crippen molar-refractivity contribution < 1.29 is 31.5 Å². The minimum absolute atomic E-state index is 0.166. The molecule has 0 unspecified atom stereocenters. The molecule has 40 heavy (non-hydrogen) atoms. The highest BCUT2D eigenvalue weighted by Gasteiger charge is 2.39. The average molecular weight is 562 g/mol. The van der Waals surface area contributed by atoms with E-state index < -0.39 is 48.8 Å². The van der Waals surface area contributed by atoms with Crippen LogP contribution in [0.5, 0.6) is 0 Å². The number of imidazole rings is 1. The quantitative estimate of drug-likeness (QED) is 0.282. The van der Waals surface area contributed by atoms with Crippen LogP contribution < -0.4 is 10.6 Å². The molecule has 1 saturated carbocycles. The number of hydrogen-bond donors (Lipinski definition) is 3. The number of carbonyl (C=O) groups excluding carboxylic acids is 2. The number of benzene rings is 2. The van der Waals surface area contributed by atoms with Crippen molar-refractivity contribution >= 4 is 22.8 Å². The maximum Gasteiger partial charge on any atom is 0.389 e. The predicted molar refractivity (Wildman–Crippen MR) is 136 cm³/mol. The number of H-pyrrole nitrogens is 1. The van der Waals surface area contributed by atoms with Gasteiger partial charge in [-0.05, 0) is 61.6 Å². The summed E-state index contributed by atoms with van der Waals surface area (Å²) in [5, 5.41) is 14.6. The van der Waals surface area contributed by atoms with Crippen LogP contribution in [0.1, 0.15) is 84.8 Å². The normalized spacial score (nSPS) is 17.1. The van der Waals surface area contributed by atoms with E-state index in [2.05, 4.69) is 20.6 Å². The van der Waals surface area contributed by atoms with Gasteiger partial charge in [-0.3, -0.25) is 9.59 Å². The van der Waals surface area contributed by atoms with Gasteiger partial charge in [-0.15, -0.1) is 0 Å². The van der Waals surface area contributed by atoms with Gasteiger partial charge in [0.1, 0.15) is 5.82 Å². The summed E-state index contributed by atoms with van der Waals surface area (Å²) in [7, 11) is 0. The molecule has 3 aromatic rings. The Kier molecular flexibility index (Phi) is 8.42. The maximum atomic E-state index is 13.9. The summed E-state index contributed by atoms with van der Waals surface area (Å²) in [6, 6.07) is 11.9. The van der Waals surface area contributed by atoms with Crippen molar-refractivity contribution in [2.24, 2.45) is 5.92 Å². The smallest absolute Gasteiger partial charge is 0.350 e. The van der Waals surface area contributed by atoms with Crippen LogP contribution in [0.3, 0.4) is 0 Å². The Bertz CT molecular complexity index is 1420. The zero-order valence-corrected chi connectivity index (χ0v) is 21.6. The van der Waals surface area contributed by atoms with Gasteiger partial charge in [0, 0.05) is 24.8 Å². The van der Waals surface area contributed by atoms with Gasteiger partial charge in [0.25, 0.3) is 5.91 Å². The molecular weight excluding hydrogens is 533 g/mol. The molecule has 1 aliphatic carbocycles. The molecule has 1 aliphatic rings. The van der Waals surface area contributed by atoms with Crippen molar-refractivity contribution in [2.75, 3.05) is 0 Å². The van der Waals surface area contributed by atoms with Crippen LogP contribution in [0.25, 0.3) is 11.0 Å². The summed E-state index contributed by atoms with van der Waals surface area (Å²) in [5.74, 6) is -3.93. The molecule has 0 bridgehead atoms. The highest BCUT2D eigenvalue weighted by Crippen LogP contribution is 2.41. The highest BCUT2D eigenvalue weighted by atomic mass is 19.4. The number of nitrogens with one attached hydrogen (secondary N) is 3. The fourth-order valence-electron chi connectivity index (χ4n) is 4.88. The second-order valence-electron chi connectivity index (χ2n) is 10.1. The minimum atomic E-state index is -4.43. The van der Waals surface area contributed by atoms with Crippen LogP contribution in [0.4, 0.5) is 22.0 Å². The summed E-state index contributed by atoms with van der Waals surface area (Å²) < 4.78 is 65.1. The van der Waals surface area contributed by atoms with E-state index in [1.165, 1.54) is 6.07 Å². The van der Waals surface area contributed by atoms with Crippen LogP contribution in [-0.2, 0) is 4.79 Å². The molecule has 0 radical (unpaired) electrons. The van der Waals surface area contributed by atoms with E-state index in [4.69, 9.17) is 5.26 Å². The number of alkyl halides is 5. The third-order valence-corrected chi connectivity index (χ3v) is 7.11. The van der Waals surface area contributed by atoms with E-state index in [9.17, 15) is 31.5 Å². The summed E-state index contributed by atoms with van der Waals surface area (Å²) in [6.45, 7) is 1.64. The molecule has 0 spiro atoms. The van der Waals surface area contributed by atoms with Crippen LogP contribution in [-0.4, -0.2) is 33.9 Å². The third kappa shape index (κ3) is 7.34. The first-order valence-corrected chi connectivity index (χ1v) is 12.9. The zero-order chi connectivity index (χ0) is 29.1. The van der Waals surface area contributed by atoms with Crippen LogP contribution in [0.15, 0.2) is 42.5 Å². The lowest BCUT2D eigenvalue weighted by Crippen LogP contribution is -2.37. The fraction of sp³-hybridized carbons (Fsp3) is 0.429. The largest absolute Gasteiger partial charge is 0.389 e. The molecule has 1 aromatic heterocycles. The van der Waals surface area contributed by atoms with E-state index in [0.29, 0.717) is 28.0 Å². The van der Waals surface area contributed by atoms with Crippen molar-refractivity contribution in [1.29, 1.82) is 5.26 Å². The first-order chi connectivity index (χ1) is 18.8. The number of rotatable bonds is 8. The lowest BCUT2D eigenvalue weighted by Gasteiger charge is -2.33. The molecule has 1 heterocycles. The SMILES string of the molecule is C[C@@H](NC(=O)CCC(F)(F)F)c1ccc2nc([C@@H](NC(=O)c3cccc(C#N)c3)C3CCC(F)(F)CC3)[nH]c2c1. The lowest BCUT2D eigenvalue weighted by atomic mass is 9.81. The van der Waals surface area contributed by atoms with Crippen molar-refractivity contribution in [3.05, 3.63) is 65.0 Å².